The number of hydrogen-bond acceptors (Lipinski definition) is 4. The molecule has 0 aliphatic carbocycles. The molecule has 2 rings (SSSR count). The molecular weight excluding hydrogens is 336 g/mol. The van der Waals surface area contributed by atoms with Crippen LogP contribution < -0.4 is 0 Å². The maximum Gasteiger partial charge on any atom is 0.230 e. The molecule has 1 aromatic rings. The van der Waals surface area contributed by atoms with Crippen LogP contribution in [0, 0.1) is 11.3 Å². The van der Waals surface area contributed by atoms with Crippen molar-refractivity contribution in [2.75, 3.05) is 6.54 Å². The van der Waals surface area contributed by atoms with E-state index in [-0.39, 0.29) is 0 Å². The monoisotopic (exact) mass is 348 g/mol. The Morgan fingerprint density at radius 2 is 2.39 bits per heavy atom. The quantitative estimate of drug-likeness (QED) is 0.842. The van der Waals surface area contributed by atoms with E-state index in [1.165, 1.54) is 9.18 Å². The van der Waals surface area contributed by atoms with Crippen LogP contribution in [0.3, 0.4) is 0 Å². The Balaban J connectivity index is 2.26. The van der Waals surface area contributed by atoms with Gasteiger partial charge in [-0.15, -0.1) is 11.3 Å². The lowest BCUT2D eigenvalue weighted by Gasteiger charge is -2.27. The maximum absolute atomic E-state index is 12.3. The van der Waals surface area contributed by atoms with Crippen molar-refractivity contribution in [2.24, 2.45) is 0 Å². The van der Waals surface area contributed by atoms with E-state index in [9.17, 15) is 8.42 Å². The van der Waals surface area contributed by atoms with Gasteiger partial charge in [0.05, 0.1) is 9.86 Å². The van der Waals surface area contributed by atoms with Gasteiger partial charge in [-0.3, -0.25) is 0 Å². The first-order valence-corrected chi connectivity index (χ1v) is 8.76. The Morgan fingerprint density at radius 3 is 3.00 bits per heavy atom. The van der Waals surface area contributed by atoms with Crippen LogP contribution in [0.4, 0.5) is 0 Å². The summed E-state index contributed by atoms with van der Waals surface area (Å²) in [5.41, 5.74) is 1.05. The van der Waals surface area contributed by atoms with Crippen LogP contribution in [0.2, 0.25) is 0 Å². The van der Waals surface area contributed by atoms with Gasteiger partial charge < -0.3 is 0 Å². The predicted octanol–water partition coefficient (Wildman–Crippen LogP) is 2.50. The van der Waals surface area contributed by atoms with Crippen molar-refractivity contribution in [1.29, 1.82) is 5.26 Å². The molecular formula is C11H13BrN2O2S2. The minimum Gasteiger partial charge on any atom is -0.211 e. The molecule has 1 unspecified atom stereocenters. The van der Waals surface area contributed by atoms with Crippen LogP contribution >= 0.6 is 27.3 Å². The summed E-state index contributed by atoms with van der Waals surface area (Å²) in [6, 6.07) is 3.85. The number of halogens is 1. The van der Waals surface area contributed by atoms with E-state index in [0.29, 0.717) is 19.5 Å². The number of sulfonamides is 1. The molecule has 1 aliphatic heterocycles. The minimum absolute atomic E-state index is 0.329. The van der Waals surface area contributed by atoms with Gasteiger partial charge in [-0.25, -0.2) is 8.42 Å². The standard InChI is InChI=1S/C11H13BrN2O2S2/c1-2-9(6-13)18(15,16)14-4-3-10-8(7-14)5-11(12)17-10/h5,9H,2-4,7H2,1H3. The number of thiophene rings is 1. The van der Waals surface area contributed by atoms with Crippen molar-refractivity contribution in [1.82, 2.24) is 4.31 Å². The molecule has 1 atom stereocenters. The van der Waals surface area contributed by atoms with E-state index in [2.05, 4.69) is 15.9 Å². The zero-order valence-corrected chi connectivity index (χ0v) is 13.1. The summed E-state index contributed by atoms with van der Waals surface area (Å²) in [5.74, 6) is 0. The highest BCUT2D eigenvalue weighted by Crippen LogP contribution is 2.32. The molecule has 98 valence electrons. The average Bonchev–Trinajstić information content (AvgIpc) is 2.69. The summed E-state index contributed by atoms with van der Waals surface area (Å²) in [6.07, 6.45) is 1.06. The fraction of sp³-hybridized carbons (Fsp3) is 0.545. The number of nitrogens with zero attached hydrogens (tertiary/aromatic N) is 2. The molecule has 0 N–H and O–H groups in total. The summed E-state index contributed by atoms with van der Waals surface area (Å²) < 4.78 is 27.0. The highest BCUT2D eigenvalue weighted by Gasteiger charge is 2.33. The Kier molecular flexibility index (Phi) is 4.11. The molecule has 0 saturated heterocycles. The van der Waals surface area contributed by atoms with Crippen LogP contribution in [-0.2, 0) is 23.0 Å². The summed E-state index contributed by atoms with van der Waals surface area (Å²) >= 11 is 5.07. The van der Waals surface area contributed by atoms with Gasteiger partial charge >= 0.3 is 0 Å². The third kappa shape index (κ3) is 2.48. The topological polar surface area (TPSA) is 61.2 Å². The molecule has 18 heavy (non-hydrogen) atoms. The fourth-order valence-corrected chi connectivity index (χ4v) is 5.36. The Bertz CT molecular complexity index is 589. The number of fused-ring (bicyclic) bond motifs is 1. The van der Waals surface area contributed by atoms with Gasteiger partial charge in [-0.1, -0.05) is 6.92 Å². The van der Waals surface area contributed by atoms with Crippen LogP contribution in [0.25, 0.3) is 0 Å². The highest BCUT2D eigenvalue weighted by molar-refractivity contribution is 9.11. The van der Waals surface area contributed by atoms with Crippen LogP contribution in [0.5, 0.6) is 0 Å². The van der Waals surface area contributed by atoms with Crippen molar-refractivity contribution < 1.29 is 8.42 Å². The molecule has 4 nitrogen and oxygen atoms in total. The zero-order chi connectivity index (χ0) is 13.3. The molecule has 7 heteroatoms. The Morgan fingerprint density at radius 1 is 1.67 bits per heavy atom. The normalized spacial score (nSPS) is 18.1. The van der Waals surface area contributed by atoms with Crippen LogP contribution in [0.1, 0.15) is 23.8 Å². The fourth-order valence-electron chi connectivity index (χ4n) is 2.04. The van der Waals surface area contributed by atoms with E-state index in [0.717, 1.165) is 15.8 Å². The second-order valence-corrected chi connectivity index (χ2v) is 8.78. The van der Waals surface area contributed by atoms with E-state index in [1.54, 1.807) is 18.3 Å². The van der Waals surface area contributed by atoms with E-state index >= 15 is 0 Å². The molecule has 0 radical (unpaired) electrons. The molecule has 0 fully saturated rings. The third-order valence-electron chi connectivity index (χ3n) is 3.04. The van der Waals surface area contributed by atoms with Crippen molar-refractivity contribution in [3.63, 3.8) is 0 Å². The Hall–Kier alpha value is -0.420. The van der Waals surface area contributed by atoms with Crippen molar-refractivity contribution >= 4 is 37.3 Å². The Labute approximate surface area is 119 Å². The van der Waals surface area contributed by atoms with Gasteiger partial charge in [0.1, 0.15) is 0 Å². The molecule has 0 saturated carbocycles. The van der Waals surface area contributed by atoms with Crippen molar-refractivity contribution in [3.05, 3.63) is 20.3 Å². The van der Waals surface area contributed by atoms with E-state index in [1.807, 2.05) is 12.1 Å². The molecule has 1 aromatic heterocycles. The largest absolute Gasteiger partial charge is 0.230 e. The van der Waals surface area contributed by atoms with E-state index in [4.69, 9.17) is 5.26 Å². The summed E-state index contributed by atoms with van der Waals surface area (Å²) in [5, 5.41) is 8.00. The molecule has 0 amide bonds. The van der Waals surface area contributed by atoms with Gasteiger partial charge in [-0.2, -0.15) is 9.57 Å². The minimum atomic E-state index is -3.50. The third-order valence-corrected chi connectivity index (χ3v) is 6.97. The van der Waals surface area contributed by atoms with Crippen molar-refractivity contribution in [3.8, 4) is 6.07 Å². The highest BCUT2D eigenvalue weighted by atomic mass is 79.9. The maximum atomic E-state index is 12.3. The van der Waals surface area contributed by atoms with Crippen LogP contribution in [-0.4, -0.2) is 24.5 Å². The SMILES string of the molecule is CCC(C#N)S(=O)(=O)N1CCc2sc(Br)cc2C1. The van der Waals surface area contributed by atoms with Crippen molar-refractivity contribution in [2.45, 2.75) is 31.6 Å². The molecule has 2 heterocycles. The number of nitriles is 1. The van der Waals surface area contributed by atoms with Gasteiger partial charge in [0.25, 0.3) is 0 Å². The summed E-state index contributed by atoms with van der Waals surface area (Å²) in [6.45, 7) is 2.58. The zero-order valence-electron chi connectivity index (χ0n) is 9.89. The van der Waals surface area contributed by atoms with Gasteiger partial charge in [0, 0.05) is 18.0 Å². The van der Waals surface area contributed by atoms with Gasteiger partial charge in [-0.05, 0) is 40.4 Å². The van der Waals surface area contributed by atoms with E-state index < -0.39 is 15.3 Å². The summed E-state index contributed by atoms with van der Waals surface area (Å²) in [4.78, 5) is 1.23. The number of rotatable bonds is 3. The van der Waals surface area contributed by atoms with Gasteiger partial charge in [0.2, 0.25) is 10.0 Å². The average molecular weight is 349 g/mol. The molecule has 0 aromatic carbocycles. The smallest absolute Gasteiger partial charge is 0.211 e. The predicted molar refractivity (Wildman–Crippen MR) is 74.7 cm³/mol. The molecule has 0 spiro atoms. The molecule has 0 bridgehead atoms. The van der Waals surface area contributed by atoms with Gasteiger partial charge in [0.15, 0.2) is 5.25 Å². The lowest BCUT2D eigenvalue weighted by molar-refractivity contribution is 0.390. The first kappa shape index (κ1) is 14.0. The molecule has 1 aliphatic rings. The second-order valence-electron chi connectivity index (χ2n) is 4.15. The summed E-state index contributed by atoms with van der Waals surface area (Å²) in [7, 11) is -3.50. The second kappa shape index (κ2) is 5.29. The first-order chi connectivity index (χ1) is 8.48. The lowest BCUT2D eigenvalue weighted by atomic mass is 10.1. The lowest BCUT2D eigenvalue weighted by Crippen LogP contribution is -2.40. The first-order valence-electron chi connectivity index (χ1n) is 5.64. The number of hydrogen-bond donors (Lipinski definition) is 0. The van der Waals surface area contributed by atoms with Crippen LogP contribution in [0.15, 0.2) is 9.85 Å².